The number of piperazine rings is 1. The van der Waals surface area contributed by atoms with Crippen LogP contribution in [-0.2, 0) is 9.53 Å². The number of para-hydroxylation sites is 1. The van der Waals surface area contributed by atoms with E-state index in [1.165, 1.54) is 4.68 Å². The highest BCUT2D eigenvalue weighted by molar-refractivity contribution is 5.92. The van der Waals surface area contributed by atoms with Crippen molar-refractivity contribution >= 4 is 29.3 Å². The van der Waals surface area contributed by atoms with Crippen molar-refractivity contribution in [3.63, 3.8) is 0 Å². The summed E-state index contributed by atoms with van der Waals surface area (Å²) in [4.78, 5) is 40.8. The first-order valence-electron chi connectivity index (χ1n) is 11.5. The zero-order valence-corrected chi connectivity index (χ0v) is 19.5. The number of nitrogens with one attached hydrogen (secondary N) is 2. The van der Waals surface area contributed by atoms with Crippen molar-refractivity contribution in [2.75, 3.05) is 49.5 Å². The van der Waals surface area contributed by atoms with E-state index in [1.807, 2.05) is 18.2 Å². The van der Waals surface area contributed by atoms with Crippen LogP contribution in [0.5, 0.6) is 0 Å². The first kappa shape index (κ1) is 23.8. The molecule has 0 atom stereocenters. The maximum atomic E-state index is 12.6. The van der Waals surface area contributed by atoms with Crippen molar-refractivity contribution in [2.24, 2.45) is 0 Å². The Kier molecular flexibility index (Phi) is 7.61. The molecule has 35 heavy (non-hydrogen) atoms. The Hall–Kier alpha value is -4.34. The standard InChI is InChI=1S/C25H28N6O4/c1-2-35-24(33)22-11-12-31(28-22)21-10-6-7-19(17-21)27-25(34)26-18-23(32)30-15-13-29(14-16-30)20-8-4-3-5-9-20/h3-12,17H,2,13-16,18H2,1H3,(H2,26,27,34). The van der Waals surface area contributed by atoms with Gasteiger partial charge in [0.1, 0.15) is 0 Å². The molecule has 0 spiro atoms. The number of ether oxygens (including phenoxy) is 1. The van der Waals surface area contributed by atoms with Gasteiger partial charge in [0.25, 0.3) is 0 Å². The summed E-state index contributed by atoms with van der Waals surface area (Å²) in [5, 5.41) is 9.57. The maximum Gasteiger partial charge on any atom is 0.358 e. The third-order valence-corrected chi connectivity index (χ3v) is 5.60. The number of amides is 3. The molecule has 182 valence electrons. The minimum Gasteiger partial charge on any atom is -0.461 e. The Balaban J connectivity index is 1.25. The lowest BCUT2D eigenvalue weighted by Gasteiger charge is -2.36. The first-order valence-corrected chi connectivity index (χ1v) is 11.5. The quantitative estimate of drug-likeness (QED) is 0.508. The van der Waals surface area contributed by atoms with Gasteiger partial charge < -0.3 is 25.2 Å². The smallest absolute Gasteiger partial charge is 0.358 e. The summed E-state index contributed by atoms with van der Waals surface area (Å²) >= 11 is 0. The van der Waals surface area contributed by atoms with Crippen LogP contribution in [0.15, 0.2) is 66.9 Å². The van der Waals surface area contributed by atoms with E-state index in [2.05, 4.69) is 32.8 Å². The van der Waals surface area contributed by atoms with Crippen LogP contribution in [0.4, 0.5) is 16.2 Å². The molecule has 2 heterocycles. The summed E-state index contributed by atoms with van der Waals surface area (Å²) in [6.45, 7) is 4.63. The number of nitrogens with zero attached hydrogens (tertiary/aromatic N) is 4. The second-order valence-corrected chi connectivity index (χ2v) is 7.93. The molecule has 0 unspecified atom stereocenters. The minimum absolute atomic E-state index is 0.0844. The van der Waals surface area contributed by atoms with E-state index in [0.29, 0.717) is 24.5 Å². The summed E-state index contributed by atoms with van der Waals surface area (Å²) in [6, 6.07) is 18.2. The Morgan fingerprint density at radius 1 is 0.943 bits per heavy atom. The Labute approximate surface area is 203 Å². The lowest BCUT2D eigenvalue weighted by molar-refractivity contribution is -0.130. The molecule has 4 rings (SSSR count). The molecular formula is C25H28N6O4. The molecule has 0 aliphatic carbocycles. The number of carbonyl (C=O) groups excluding carboxylic acids is 3. The molecule has 1 aromatic heterocycles. The molecule has 10 nitrogen and oxygen atoms in total. The summed E-state index contributed by atoms with van der Waals surface area (Å²) in [7, 11) is 0. The largest absolute Gasteiger partial charge is 0.461 e. The van der Waals surface area contributed by atoms with Crippen LogP contribution < -0.4 is 15.5 Å². The highest BCUT2D eigenvalue weighted by atomic mass is 16.5. The lowest BCUT2D eigenvalue weighted by atomic mass is 10.2. The van der Waals surface area contributed by atoms with E-state index >= 15 is 0 Å². The summed E-state index contributed by atoms with van der Waals surface area (Å²) < 4.78 is 6.48. The number of rotatable bonds is 7. The monoisotopic (exact) mass is 476 g/mol. The average Bonchev–Trinajstić information content (AvgIpc) is 3.39. The van der Waals surface area contributed by atoms with E-state index in [-0.39, 0.29) is 24.8 Å². The number of aromatic nitrogens is 2. The summed E-state index contributed by atoms with van der Waals surface area (Å²) in [5.74, 6) is -0.615. The van der Waals surface area contributed by atoms with E-state index in [4.69, 9.17) is 4.74 Å². The number of urea groups is 1. The second-order valence-electron chi connectivity index (χ2n) is 7.93. The SMILES string of the molecule is CCOC(=O)c1ccn(-c2cccc(NC(=O)NCC(=O)N3CCN(c4ccccc4)CC3)c2)n1. The van der Waals surface area contributed by atoms with Crippen LogP contribution in [-0.4, -0.2) is 71.9 Å². The molecule has 1 saturated heterocycles. The predicted octanol–water partition coefficient (Wildman–Crippen LogP) is 2.52. The van der Waals surface area contributed by atoms with Crippen LogP contribution in [0.1, 0.15) is 17.4 Å². The molecule has 0 bridgehead atoms. The molecule has 2 N–H and O–H groups in total. The molecule has 3 amide bonds. The highest BCUT2D eigenvalue weighted by Gasteiger charge is 2.21. The molecule has 1 aliphatic rings. The van der Waals surface area contributed by atoms with Gasteiger partial charge in [-0.3, -0.25) is 4.79 Å². The molecule has 2 aromatic carbocycles. The van der Waals surface area contributed by atoms with Crippen molar-refractivity contribution in [2.45, 2.75) is 6.92 Å². The Morgan fingerprint density at radius 2 is 1.69 bits per heavy atom. The number of benzene rings is 2. The van der Waals surface area contributed by atoms with Gasteiger partial charge in [-0.1, -0.05) is 24.3 Å². The molecular weight excluding hydrogens is 448 g/mol. The van der Waals surface area contributed by atoms with Crippen LogP contribution in [0.3, 0.4) is 0 Å². The number of anilines is 2. The fraction of sp³-hybridized carbons (Fsp3) is 0.280. The number of esters is 1. The Morgan fingerprint density at radius 3 is 2.43 bits per heavy atom. The molecule has 1 aliphatic heterocycles. The zero-order valence-electron chi connectivity index (χ0n) is 19.5. The Bertz CT molecular complexity index is 1170. The number of carbonyl (C=O) groups is 3. The van der Waals surface area contributed by atoms with Crippen molar-refractivity contribution in [1.82, 2.24) is 20.0 Å². The van der Waals surface area contributed by atoms with Gasteiger partial charge in [-0.25, -0.2) is 14.3 Å². The fourth-order valence-electron chi connectivity index (χ4n) is 3.80. The van der Waals surface area contributed by atoms with Gasteiger partial charge in [-0.15, -0.1) is 0 Å². The molecule has 3 aromatic rings. The van der Waals surface area contributed by atoms with Crippen LogP contribution in [0, 0.1) is 0 Å². The average molecular weight is 477 g/mol. The van der Waals surface area contributed by atoms with Gasteiger partial charge in [0.2, 0.25) is 5.91 Å². The van der Waals surface area contributed by atoms with Crippen molar-refractivity contribution < 1.29 is 19.1 Å². The van der Waals surface area contributed by atoms with Gasteiger partial charge >= 0.3 is 12.0 Å². The van der Waals surface area contributed by atoms with Gasteiger partial charge in [-0.05, 0) is 43.3 Å². The zero-order chi connectivity index (χ0) is 24.6. The van der Waals surface area contributed by atoms with E-state index in [0.717, 1.165) is 18.8 Å². The van der Waals surface area contributed by atoms with Gasteiger partial charge in [-0.2, -0.15) is 5.10 Å². The predicted molar refractivity (Wildman–Crippen MR) is 132 cm³/mol. The maximum absolute atomic E-state index is 12.6. The fourth-order valence-corrected chi connectivity index (χ4v) is 3.80. The highest BCUT2D eigenvalue weighted by Crippen LogP contribution is 2.16. The normalized spacial score (nSPS) is 13.3. The van der Waals surface area contributed by atoms with E-state index in [1.54, 1.807) is 48.4 Å². The lowest BCUT2D eigenvalue weighted by Crippen LogP contribution is -2.51. The van der Waals surface area contributed by atoms with Crippen LogP contribution in [0.25, 0.3) is 5.69 Å². The van der Waals surface area contributed by atoms with Crippen LogP contribution in [0.2, 0.25) is 0 Å². The molecule has 0 radical (unpaired) electrons. The topological polar surface area (TPSA) is 109 Å². The van der Waals surface area contributed by atoms with E-state index in [9.17, 15) is 14.4 Å². The van der Waals surface area contributed by atoms with E-state index < -0.39 is 12.0 Å². The van der Waals surface area contributed by atoms with Crippen molar-refractivity contribution in [3.05, 3.63) is 72.6 Å². The van der Waals surface area contributed by atoms with Crippen molar-refractivity contribution in [1.29, 1.82) is 0 Å². The molecule has 1 fully saturated rings. The molecule has 10 heteroatoms. The first-order chi connectivity index (χ1) is 17.0. The minimum atomic E-state index is -0.494. The summed E-state index contributed by atoms with van der Waals surface area (Å²) in [6.07, 6.45) is 1.64. The third-order valence-electron chi connectivity index (χ3n) is 5.60. The second kappa shape index (κ2) is 11.2. The number of hydrogen-bond acceptors (Lipinski definition) is 6. The van der Waals surface area contributed by atoms with Crippen molar-refractivity contribution in [3.8, 4) is 5.69 Å². The molecule has 0 saturated carbocycles. The van der Waals surface area contributed by atoms with Gasteiger partial charge in [0.05, 0.1) is 18.8 Å². The van der Waals surface area contributed by atoms with Gasteiger partial charge in [0, 0.05) is 43.8 Å². The summed E-state index contributed by atoms with van der Waals surface area (Å²) in [5.41, 5.74) is 2.53. The number of hydrogen-bond donors (Lipinski definition) is 2. The van der Waals surface area contributed by atoms with Crippen LogP contribution >= 0.6 is 0 Å². The van der Waals surface area contributed by atoms with Gasteiger partial charge in [0.15, 0.2) is 5.69 Å². The third kappa shape index (κ3) is 6.17.